The lowest BCUT2D eigenvalue weighted by Crippen LogP contribution is -2.17. The first kappa shape index (κ1) is 12.7. The third-order valence-corrected chi connectivity index (χ3v) is 3.44. The van der Waals surface area contributed by atoms with Gasteiger partial charge in [-0.3, -0.25) is 0 Å². The first-order chi connectivity index (χ1) is 8.77. The molecule has 0 atom stereocenters. The first-order valence-corrected chi connectivity index (χ1v) is 6.58. The van der Waals surface area contributed by atoms with Crippen LogP contribution in [0.1, 0.15) is 12.5 Å². The number of nitrogens with zero attached hydrogens (tertiary/aromatic N) is 2. The highest BCUT2D eigenvalue weighted by atomic mass is 79.9. The van der Waals surface area contributed by atoms with Crippen molar-refractivity contribution in [1.29, 1.82) is 5.26 Å². The SMILES string of the molecule is CCN(c1ccccc1)c1cccc(Br)c1C#N. The number of nitriles is 1. The Kier molecular flexibility index (Phi) is 4.01. The van der Waals surface area contributed by atoms with Crippen LogP contribution in [0.15, 0.2) is 53.0 Å². The Bertz CT molecular complexity index is 573. The molecule has 0 spiro atoms. The molecule has 2 aromatic rings. The average molecular weight is 301 g/mol. The minimum atomic E-state index is 0.670. The zero-order chi connectivity index (χ0) is 13.0. The van der Waals surface area contributed by atoms with Crippen LogP contribution in [0, 0.1) is 11.3 Å². The van der Waals surface area contributed by atoms with Crippen molar-refractivity contribution < 1.29 is 0 Å². The second kappa shape index (κ2) is 5.70. The summed E-state index contributed by atoms with van der Waals surface area (Å²) in [4.78, 5) is 2.13. The number of rotatable bonds is 3. The smallest absolute Gasteiger partial charge is 0.103 e. The molecule has 0 bridgehead atoms. The molecule has 0 unspecified atom stereocenters. The van der Waals surface area contributed by atoms with E-state index in [0.29, 0.717) is 5.56 Å². The topological polar surface area (TPSA) is 27.0 Å². The summed E-state index contributed by atoms with van der Waals surface area (Å²) in [6.07, 6.45) is 0. The van der Waals surface area contributed by atoms with Crippen molar-refractivity contribution in [3.63, 3.8) is 0 Å². The molecule has 3 heteroatoms. The molecule has 0 saturated heterocycles. The van der Waals surface area contributed by atoms with E-state index in [9.17, 15) is 5.26 Å². The van der Waals surface area contributed by atoms with E-state index in [2.05, 4.69) is 33.8 Å². The highest BCUT2D eigenvalue weighted by Gasteiger charge is 2.13. The normalized spacial score (nSPS) is 9.83. The predicted octanol–water partition coefficient (Wildman–Crippen LogP) is 4.48. The maximum absolute atomic E-state index is 9.28. The zero-order valence-corrected chi connectivity index (χ0v) is 11.7. The van der Waals surface area contributed by atoms with Crippen LogP contribution in [-0.2, 0) is 0 Å². The number of hydrogen-bond donors (Lipinski definition) is 0. The van der Waals surface area contributed by atoms with Gasteiger partial charge in [0.05, 0.1) is 11.3 Å². The van der Waals surface area contributed by atoms with Gasteiger partial charge in [-0.05, 0) is 47.1 Å². The van der Waals surface area contributed by atoms with E-state index in [0.717, 1.165) is 22.4 Å². The van der Waals surface area contributed by atoms with E-state index in [-0.39, 0.29) is 0 Å². The second-order valence-corrected chi connectivity index (χ2v) is 4.68. The van der Waals surface area contributed by atoms with Gasteiger partial charge in [-0.25, -0.2) is 0 Å². The van der Waals surface area contributed by atoms with Crippen LogP contribution in [-0.4, -0.2) is 6.54 Å². The van der Waals surface area contributed by atoms with Gasteiger partial charge in [0, 0.05) is 16.7 Å². The largest absolute Gasteiger partial charge is 0.341 e. The van der Waals surface area contributed by atoms with Crippen molar-refractivity contribution in [1.82, 2.24) is 0 Å². The van der Waals surface area contributed by atoms with Crippen LogP contribution in [0.3, 0.4) is 0 Å². The lowest BCUT2D eigenvalue weighted by molar-refractivity contribution is 1.02. The molecule has 0 aliphatic rings. The molecule has 0 fully saturated rings. The Balaban J connectivity index is 2.53. The van der Waals surface area contributed by atoms with Crippen molar-refractivity contribution in [2.75, 3.05) is 11.4 Å². The summed E-state index contributed by atoms with van der Waals surface area (Å²) in [5.41, 5.74) is 2.69. The van der Waals surface area contributed by atoms with Crippen LogP contribution in [0.5, 0.6) is 0 Å². The second-order valence-electron chi connectivity index (χ2n) is 3.83. The number of anilines is 2. The van der Waals surface area contributed by atoms with E-state index in [1.807, 2.05) is 48.5 Å². The van der Waals surface area contributed by atoms with Gasteiger partial charge in [0.25, 0.3) is 0 Å². The molecular weight excluding hydrogens is 288 g/mol. The number of benzene rings is 2. The van der Waals surface area contributed by atoms with Gasteiger partial charge < -0.3 is 4.90 Å². The average Bonchev–Trinajstić information content (AvgIpc) is 2.41. The van der Waals surface area contributed by atoms with Crippen LogP contribution in [0.2, 0.25) is 0 Å². The van der Waals surface area contributed by atoms with Gasteiger partial charge in [0.1, 0.15) is 6.07 Å². The molecule has 0 aliphatic carbocycles. The molecule has 0 aliphatic heterocycles. The Labute approximate surface area is 116 Å². The molecular formula is C15H13BrN2. The van der Waals surface area contributed by atoms with Crippen molar-refractivity contribution >= 4 is 27.3 Å². The zero-order valence-electron chi connectivity index (χ0n) is 10.1. The summed E-state index contributed by atoms with van der Waals surface area (Å²) >= 11 is 3.43. The van der Waals surface area contributed by atoms with Crippen LogP contribution in [0.25, 0.3) is 0 Å². The van der Waals surface area contributed by atoms with Crippen molar-refractivity contribution in [2.45, 2.75) is 6.92 Å². The number of para-hydroxylation sites is 1. The fourth-order valence-electron chi connectivity index (χ4n) is 1.95. The summed E-state index contributed by atoms with van der Waals surface area (Å²) in [5.74, 6) is 0. The fraction of sp³-hybridized carbons (Fsp3) is 0.133. The van der Waals surface area contributed by atoms with E-state index in [1.165, 1.54) is 0 Å². The van der Waals surface area contributed by atoms with Gasteiger partial charge >= 0.3 is 0 Å². The molecule has 90 valence electrons. The van der Waals surface area contributed by atoms with Crippen molar-refractivity contribution in [3.8, 4) is 6.07 Å². The summed E-state index contributed by atoms with van der Waals surface area (Å²) < 4.78 is 0.830. The van der Waals surface area contributed by atoms with Gasteiger partial charge in [0.2, 0.25) is 0 Å². The van der Waals surface area contributed by atoms with Crippen molar-refractivity contribution in [2.24, 2.45) is 0 Å². The molecule has 0 aromatic heterocycles. The minimum Gasteiger partial charge on any atom is -0.341 e. The fourth-order valence-corrected chi connectivity index (χ4v) is 2.39. The maximum atomic E-state index is 9.28. The minimum absolute atomic E-state index is 0.670. The Morgan fingerprint density at radius 1 is 1.11 bits per heavy atom. The molecule has 18 heavy (non-hydrogen) atoms. The monoisotopic (exact) mass is 300 g/mol. The van der Waals surface area contributed by atoms with Crippen molar-refractivity contribution in [3.05, 3.63) is 58.6 Å². The lowest BCUT2D eigenvalue weighted by Gasteiger charge is -2.24. The third-order valence-electron chi connectivity index (χ3n) is 2.78. The van der Waals surface area contributed by atoms with Gasteiger partial charge in [-0.2, -0.15) is 5.26 Å². The third kappa shape index (κ3) is 2.39. The van der Waals surface area contributed by atoms with E-state index in [4.69, 9.17) is 0 Å². The summed E-state index contributed by atoms with van der Waals surface area (Å²) in [7, 11) is 0. The molecule has 0 N–H and O–H groups in total. The molecule has 2 nitrogen and oxygen atoms in total. The molecule has 0 saturated carbocycles. The standard InChI is InChI=1S/C15H13BrN2/c1-2-18(12-7-4-3-5-8-12)15-10-6-9-14(16)13(15)11-17/h3-10H,2H2,1H3. The predicted molar refractivity (Wildman–Crippen MR) is 78.0 cm³/mol. The van der Waals surface area contributed by atoms with E-state index in [1.54, 1.807) is 0 Å². The summed E-state index contributed by atoms with van der Waals surface area (Å²) in [6.45, 7) is 2.89. The molecule has 0 radical (unpaired) electrons. The van der Waals surface area contributed by atoms with E-state index < -0.39 is 0 Å². The summed E-state index contributed by atoms with van der Waals surface area (Å²) in [5, 5.41) is 9.28. The summed E-state index contributed by atoms with van der Waals surface area (Å²) in [6, 6.07) is 18.2. The van der Waals surface area contributed by atoms with Crippen LogP contribution >= 0.6 is 15.9 Å². The Morgan fingerprint density at radius 3 is 2.44 bits per heavy atom. The van der Waals surface area contributed by atoms with E-state index >= 15 is 0 Å². The molecule has 2 rings (SSSR count). The highest BCUT2D eigenvalue weighted by Crippen LogP contribution is 2.31. The first-order valence-electron chi connectivity index (χ1n) is 5.79. The van der Waals surface area contributed by atoms with Crippen LogP contribution < -0.4 is 4.90 Å². The Hall–Kier alpha value is -1.79. The van der Waals surface area contributed by atoms with Gasteiger partial charge in [-0.1, -0.05) is 24.3 Å². The quantitative estimate of drug-likeness (QED) is 0.836. The molecule has 0 amide bonds. The molecule has 2 aromatic carbocycles. The number of halogens is 1. The Morgan fingerprint density at radius 2 is 1.83 bits per heavy atom. The maximum Gasteiger partial charge on any atom is 0.103 e. The lowest BCUT2D eigenvalue weighted by atomic mass is 10.1. The molecule has 0 heterocycles. The van der Waals surface area contributed by atoms with Gasteiger partial charge in [-0.15, -0.1) is 0 Å². The number of hydrogen-bond acceptors (Lipinski definition) is 2. The van der Waals surface area contributed by atoms with Gasteiger partial charge in [0.15, 0.2) is 0 Å². The highest BCUT2D eigenvalue weighted by molar-refractivity contribution is 9.10. The van der Waals surface area contributed by atoms with Crippen LogP contribution in [0.4, 0.5) is 11.4 Å².